The fraction of sp³-hybridized carbons (Fsp3) is 0.294. The van der Waals surface area contributed by atoms with Crippen molar-refractivity contribution in [3.05, 3.63) is 69.9 Å². The van der Waals surface area contributed by atoms with Crippen molar-refractivity contribution in [2.45, 2.75) is 18.5 Å². The Bertz CT molecular complexity index is 623. The summed E-state index contributed by atoms with van der Waals surface area (Å²) in [7, 11) is 0. The van der Waals surface area contributed by atoms with Crippen molar-refractivity contribution in [1.29, 1.82) is 0 Å². The Labute approximate surface area is 145 Å². The third-order valence-electron chi connectivity index (χ3n) is 4.08. The summed E-state index contributed by atoms with van der Waals surface area (Å²) in [5, 5.41) is 0. The molecule has 1 saturated heterocycles. The molecule has 1 aliphatic rings. The second kappa shape index (κ2) is 7.55. The van der Waals surface area contributed by atoms with E-state index in [1.807, 2.05) is 30.3 Å². The molecule has 0 unspecified atom stereocenters. The van der Waals surface area contributed by atoms with Crippen LogP contribution < -0.4 is 5.73 Å². The minimum absolute atomic E-state index is 0. The van der Waals surface area contributed by atoms with Gasteiger partial charge in [0.05, 0.1) is 0 Å². The lowest BCUT2D eigenvalue weighted by Crippen LogP contribution is -2.28. The molecule has 2 atom stereocenters. The monoisotopic (exact) mass is 384 g/mol. The summed E-state index contributed by atoms with van der Waals surface area (Å²) in [6, 6.07) is 15.7. The van der Waals surface area contributed by atoms with Crippen molar-refractivity contribution in [3.63, 3.8) is 0 Å². The van der Waals surface area contributed by atoms with Gasteiger partial charge in [-0.2, -0.15) is 0 Å². The van der Waals surface area contributed by atoms with E-state index in [-0.39, 0.29) is 24.3 Å². The van der Waals surface area contributed by atoms with Crippen molar-refractivity contribution in [3.8, 4) is 0 Å². The molecule has 0 aliphatic carbocycles. The molecular weight excluding hydrogens is 367 g/mol. The lowest BCUT2D eigenvalue weighted by atomic mass is 9.95. The van der Waals surface area contributed by atoms with Crippen LogP contribution in [0.3, 0.4) is 0 Å². The van der Waals surface area contributed by atoms with Crippen LogP contribution in [0.2, 0.25) is 0 Å². The maximum absolute atomic E-state index is 13.9. The topological polar surface area (TPSA) is 29.3 Å². The molecule has 1 aliphatic heterocycles. The Morgan fingerprint density at radius 2 is 1.86 bits per heavy atom. The summed E-state index contributed by atoms with van der Waals surface area (Å²) in [5.74, 6) is 0.158. The van der Waals surface area contributed by atoms with E-state index in [2.05, 4.69) is 33.0 Å². The summed E-state index contributed by atoms with van der Waals surface area (Å²) < 4.78 is 14.7. The number of likely N-dealkylation sites (tertiary alicyclic amines) is 1. The van der Waals surface area contributed by atoms with Crippen LogP contribution in [0.15, 0.2) is 53.0 Å². The number of halogens is 3. The maximum Gasteiger partial charge on any atom is 0.128 e. The largest absolute Gasteiger partial charge is 0.326 e. The molecule has 2 aromatic carbocycles. The van der Waals surface area contributed by atoms with Crippen LogP contribution in [0.5, 0.6) is 0 Å². The second-order valence-electron chi connectivity index (χ2n) is 5.61. The molecule has 2 N–H and O–H groups in total. The van der Waals surface area contributed by atoms with E-state index < -0.39 is 0 Å². The Morgan fingerprint density at radius 1 is 1.14 bits per heavy atom. The van der Waals surface area contributed by atoms with Gasteiger partial charge in [-0.05, 0) is 17.7 Å². The maximum atomic E-state index is 13.9. The quantitative estimate of drug-likeness (QED) is 0.867. The highest BCUT2D eigenvalue weighted by molar-refractivity contribution is 9.10. The average molecular weight is 386 g/mol. The molecule has 0 aromatic heterocycles. The van der Waals surface area contributed by atoms with Gasteiger partial charge in [0.2, 0.25) is 0 Å². The lowest BCUT2D eigenvalue weighted by molar-refractivity contribution is 0.318. The Hall–Kier alpha value is -0.940. The molecule has 118 valence electrons. The van der Waals surface area contributed by atoms with Crippen LogP contribution in [0, 0.1) is 5.82 Å². The first-order valence-corrected chi connectivity index (χ1v) is 7.89. The number of hydrogen-bond donors (Lipinski definition) is 1. The van der Waals surface area contributed by atoms with Crippen molar-refractivity contribution in [2.24, 2.45) is 5.73 Å². The van der Waals surface area contributed by atoms with Gasteiger partial charge in [0.25, 0.3) is 0 Å². The van der Waals surface area contributed by atoms with Gasteiger partial charge in [-0.1, -0.05) is 52.3 Å². The highest BCUT2D eigenvalue weighted by Gasteiger charge is 2.31. The minimum atomic E-state index is -0.166. The average Bonchev–Trinajstić information content (AvgIpc) is 2.84. The fourth-order valence-corrected chi connectivity index (χ4v) is 3.32. The standard InChI is InChI=1S/C17H18BrFN2.ClH/c18-14-7-6-13(16(19)8-14)9-21-10-15(17(20)11-21)12-4-2-1-3-5-12;/h1-8,15,17H,9-11,20H2;1H/t15-,17+;/m0./s1. The highest BCUT2D eigenvalue weighted by atomic mass is 79.9. The Kier molecular flexibility index (Phi) is 5.98. The van der Waals surface area contributed by atoms with Gasteiger partial charge < -0.3 is 5.73 Å². The van der Waals surface area contributed by atoms with E-state index in [1.165, 1.54) is 11.6 Å². The van der Waals surface area contributed by atoms with Gasteiger partial charge in [-0.3, -0.25) is 4.90 Å². The first-order chi connectivity index (χ1) is 10.1. The molecular formula is C17H19BrClFN2. The van der Waals surface area contributed by atoms with Crippen LogP contribution >= 0.6 is 28.3 Å². The summed E-state index contributed by atoms with van der Waals surface area (Å²) in [6.45, 7) is 2.28. The van der Waals surface area contributed by atoms with Gasteiger partial charge in [0, 0.05) is 41.6 Å². The third kappa shape index (κ3) is 3.87. The third-order valence-corrected chi connectivity index (χ3v) is 4.57. The number of nitrogens with zero attached hydrogens (tertiary/aromatic N) is 1. The predicted octanol–water partition coefficient (Wildman–Crippen LogP) is 3.94. The van der Waals surface area contributed by atoms with Crippen molar-refractivity contribution in [1.82, 2.24) is 4.90 Å². The molecule has 22 heavy (non-hydrogen) atoms. The second-order valence-corrected chi connectivity index (χ2v) is 6.53. The summed E-state index contributed by atoms with van der Waals surface area (Å²) in [5.41, 5.74) is 8.26. The Balaban J connectivity index is 0.00000176. The molecule has 0 amide bonds. The first-order valence-electron chi connectivity index (χ1n) is 7.10. The van der Waals surface area contributed by atoms with Crippen molar-refractivity contribution in [2.75, 3.05) is 13.1 Å². The summed E-state index contributed by atoms with van der Waals surface area (Å²) >= 11 is 3.29. The normalized spacial score (nSPS) is 21.6. The first kappa shape index (κ1) is 17.4. The number of benzene rings is 2. The lowest BCUT2D eigenvalue weighted by Gasteiger charge is -2.16. The van der Waals surface area contributed by atoms with Crippen LogP contribution in [-0.2, 0) is 6.54 Å². The molecule has 5 heteroatoms. The smallest absolute Gasteiger partial charge is 0.128 e. The molecule has 2 nitrogen and oxygen atoms in total. The molecule has 0 spiro atoms. The molecule has 1 heterocycles. The van der Waals surface area contributed by atoms with Crippen molar-refractivity contribution >= 4 is 28.3 Å². The van der Waals surface area contributed by atoms with E-state index in [0.717, 1.165) is 23.1 Å². The highest BCUT2D eigenvalue weighted by Crippen LogP contribution is 2.28. The van der Waals surface area contributed by atoms with Gasteiger partial charge in [-0.15, -0.1) is 12.4 Å². The number of hydrogen-bond acceptors (Lipinski definition) is 2. The zero-order chi connectivity index (χ0) is 14.8. The van der Waals surface area contributed by atoms with Crippen LogP contribution in [0.25, 0.3) is 0 Å². The fourth-order valence-electron chi connectivity index (χ4n) is 2.99. The zero-order valence-electron chi connectivity index (χ0n) is 12.1. The summed E-state index contributed by atoms with van der Waals surface area (Å²) in [6.07, 6.45) is 0. The molecule has 2 aromatic rings. The van der Waals surface area contributed by atoms with E-state index in [0.29, 0.717) is 12.5 Å². The number of nitrogens with two attached hydrogens (primary N) is 1. The Morgan fingerprint density at radius 3 is 2.55 bits per heavy atom. The van der Waals surface area contributed by atoms with Gasteiger partial charge in [0.1, 0.15) is 5.82 Å². The van der Waals surface area contributed by atoms with E-state index in [1.54, 1.807) is 0 Å². The van der Waals surface area contributed by atoms with Crippen LogP contribution in [0.4, 0.5) is 4.39 Å². The molecule has 0 radical (unpaired) electrons. The van der Waals surface area contributed by atoms with Gasteiger partial charge in [-0.25, -0.2) is 4.39 Å². The molecule has 3 rings (SSSR count). The van der Waals surface area contributed by atoms with E-state index in [9.17, 15) is 4.39 Å². The van der Waals surface area contributed by atoms with Crippen molar-refractivity contribution < 1.29 is 4.39 Å². The molecule has 1 fully saturated rings. The predicted molar refractivity (Wildman–Crippen MR) is 93.8 cm³/mol. The number of rotatable bonds is 3. The molecule has 0 saturated carbocycles. The zero-order valence-corrected chi connectivity index (χ0v) is 14.5. The van der Waals surface area contributed by atoms with Gasteiger partial charge >= 0.3 is 0 Å². The van der Waals surface area contributed by atoms with E-state index in [4.69, 9.17) is 5.73 Å². The minimum Gasteiger partial charge on any atom is -0.326 e. The van der Waals surface area contributed by atoms with Gasteiger partial charge in [0.15, 0.2) is 0 Å². The summed E-state index contributed by atoms with van der Waals surface area (Å²) in [4.78, 5) is 2.23. The van der Waals surface area contributed by atoms with Crippen LogP contribution in [0.1, 0.15) is 17.0 Å². The SMILES string of the molecule is Cl.N[C@@H]1CN(Cc2ccc(Br)cc2F)C[C@H]1c1ccccc1. The van der Waals surface area contributed by atoms with E-state index >= 15 is 0 Å². The van der Waals surface area contributed by atoms with Crippen LogP contribution in [-0.4, -0.2) is 24.0 Å². The molecule has 0 bridgehead atoms.